The fourth-order valence-electron chi connectivity index (χ4n) is 1.99. The fraction of sp³-hybridized carbons (Fsp3) is 0.214. The van der Waals surface area contributed by atoms with Gasteiger partial charge < -0.3 is 25.5 Å². The van der Waals surface area contributed by atoms with Crippen molar-refractivity contribution in [1.29, 1.82) is 0 Å². The van der Waals surface area contributed by atoms with E-state index in [1.54, 1.807) is 13.4 Å². The lowest BCUT2D eigenvalue weighted by Gasteiger charge is -2.09. The van der Waals surface area contributed by atoms with Crippen LogP contribution < -0.4 is 15.4 Å². The summed E-state index contributed by atoms with van der Waals surface area (Å²) in [5.74, 6) is 1.79. The summed E-state index contributed by atoms with van der Waals surface area (Å²) in [7, 11) is 1.62. The third-order valence-electron chi connectivity index (χ3n) is 3.04. The van der Waals surface area contributed by atoms with E-state index in [9.17, 15) is 0 Å². The highest BCUT2D eigenvalue weighted by Gasteiger charge is 2.09. The van der Waals surface area contributed by atoms with Gasteiger partial charge in [-0.25, -0.2) is 4.98 Å². The number of aromatic nitrogens is 4. The zero-order valence-electron chi connectivity index (χ0n) is 12.0. The molecule has 8 nitrogen and oxygen atoms in total. The van der Waals surface area contributed by atoms with Gasteiger partial charge in [-0.3, -0.25) is 0 Å². The average molecular weight is 300 g/mol. The first-order valence-corrected chi connectivity index (χ1v) is 6.77. The Labute approximate surface area is 126 Å². The Hall–Kier alpha value is -2.87. The number of hydrogen-bond donors (Lipinski definition) is 4. The lowest BCUT2D eigenvalue weighted by atomic mass is 10.3. The molecule has 4 N–H and O–H groups in total. The molecule has 2 heterocycles. The number of nitrogens with zero attached hydrogens (tertiary/aromatic N) is 3. The largest absolute Gasteiger partial charge is 0.497 e. The molecule has 1 aromatic carbocycles. The predicted octanol–water partition coefficient (Wildman–Crippen LogP) is 1.51. The molecule has 0 amide bonds. The summed E-state index contributed by atoms with van der Waals surface area (Å²) in [5.41, 5.74) is 2.09. The van der Waals surface area contributed by atoms with Crippen LogP contribution in [0.3, 0.4) is 0 Å². The quantitative estimate of drug-likeness (QED) is 0.546. The van der Waals surface area contributed by atoms with Crippen molar-refractivity contribution >= 4 is 28.6 Å². The molecule has 0 radical (unpaired) electrons. The number of aromatic amines is 1. The molecule has 0 fully saturated rings. The molecular weight excluding hydrogens is 284 g/mol. The van der Waals surface area contributed by atoms with Gasteiger partial charge in [0.25, 0.3) is 0 Å². The SMILES string of the molecule is COc1ccc(Nc2nc(NCCO)c3[nH]cnc3n2)cc1. The molecule has 3 rings (SSSR count). The Bertz CT molecular complexity index is 756. The molecule has 0 bridgehead atoms. The number of ether oxygens (including phenoxy) is 1. The minimum absolute atomic E-state index is 0.0148. The van der Waals surface area contributed by atoms with Crippen LogP contribution >= 0.6 is 0 Å². The lowest BCUT2D eigenvalue weighted by Crippen LogP contribution is -2.09. The van der Waals surface area contributed by atoms with Gasteiger partial charge in [-0.15, -0.1) is 0 Å². The molecule has 0 spiro atoms. The van der Waals surface area contributed by atoms with Gasteiger partial charge in [-0.05, 0) is 24.3 Å². The monoisotopic (exact) mass is 300 g/mol. The second-order valence-corrected chi connectivity index (χ2v) is 4.50. The number of aliphatic hydroxyl groups excluding tert-OH is 1. The van der Waals surface area contributed by atoms with E-state index >= 15 is 0 Å². The highest BCUT2D eigenvalue weighted by Crippen LogP contribution is 2.22. The summed E-state index contributed by atoms with van der Waals surface area (Å²) >= 11 is 0. The Morgan fingerprint density at radius 1 is 1.23 bits per heavy atom. The van der Waals surface area contributed by atoms with E-state index in [-0.39, 0.29) is 6.61 Å². The Morgan fingerprint density at radius 2 is 2.05 bits per heavy atom. The number of anilines is 3. The Morgan fingerprint density at radius 3 is 2.77 bits per heavy atom. The molecule has 0 unspecified atom stereocenters. The molecule has 114 valence electrons. The van der Waals surface area contributed by atoms with E-state index < -0.39 is 0 Å². The fourth-order valence-corrected chi connectivity index (χ4v) is 1.99. The summed E-state index contributed by atoms with van der Waals surface area (Å²) in [6.07, 6.45) is 1.56. The minimum atomic E-state index is 0.0148. The van der Waals surface area contributed by atoms with Crippen LogP contribution in [0.2, 0.25) is 0 Å². The lowest BCUT2D eigenvalue weighted by molar-refractivity contribution is 0.311. The predicted molar refractivity (Wildman–Crippen MR) is 83.5 cm³/mol. The maximum Gasteiger partial charge on any atom is 0.231 e. The van der Waals surface area contributed by atoms with Crippen molar-refractivity contribution in [2.45, 2.75) is 0 Å². The number of nitrogens with one attached hydrogen (secondary N) is 3. The van der Waals surface area contributed by atoms with Crippen molar-refractivity contribution in [3.05, 3.63) is 30.6 Å². The first-order chi connectivity index (χ1) is 10.8. The van der Waals surface area contributed by atoms with E-state index in [0.717, 1.165) is 11.4 Å². The zero-order valence-corrected chi connectivity index (χ0v) is 12.0. The number of H-pyrrole nitrogens is 1. The molecule has 0 aliphatic rings. The van der Waals surface area contributed by atoms with Crippen LogP contribution in [0.15, 0.2) is 30.6 Å². The van der Waals surface area contributed by atoms with Crippen molar-refractivity contribution in [2.75, 3.05) is 30.9 Å². The molecule has 0 saturated heterocycles. The summed E-state index contributed by atoms with van der Waals surface area (Å²) in [6.45, 7) is 0.411. The van der Waals surface area contributed by atoms with Crippen LogP contribution in [0.25, 0.3) is 11.2 Å². The Kier molecular flexibility index (Phi) is 4.01. The minimum Gasteiger partial charge on any atom is -0.497 e. The number of benzene rings is 1. The van der Waals surface area contributed by atoms with Crippen molar-refractivity contribution in [3.63, 3.8) is 0 Å². The van der Waals surface area contributed by atoms with Crippen LogP contribution in [0, 0.1) is 0 Å². The zero-order chi connectivity index (χ0) is 15.4. The maximum absolute atomic E-state index is 8.94. The molecule has 8 heteroatoms. The van der Waals surface area contributed by atoms with Gasteiger partial charge >= 0.3 is 0 Å². The number of rotatable bonds is 6. The molecule has 0 atom stereocenters. The van der Waals surface area contributed by atoms with E-state index in [4.69, 9.17) is 9.84 Å². The van der Waals surface area contributed by atoms with Gasteiger partial charge in [0.2, 0.25) is 5.95 Å². The third kappa shape index (κ3) is 2.91. The molecule has 0 aliphatic carbocycles. The summed E-state index contributed by atoms with van der Waals surface area (Å²) < 4.78 is 5.12. The van der Waals surface area contributed by atoms with Crippen molar-refractivity contribution in [1.82, 2.24) is 19.9 Å². The summed E-state index contributed by atoms with van der Waals surface area (Å²) in [5, 5.41) is 15.1. The second-order valence-electron chi connectivity index (χ2n) is 4.50. The number of imidazole rings is 1. The number of aliphatic hydroxyl groups is 1. The summed E-state index contributed by atoms with van der Waals surface area (Å²) in [4.78, 5) is 15.9. The van der Waals surface area contributed by atoms with E-state index in [1.807, 2.05) is 24.3 Å². The molecule has 0 saturated carbocycles. The van der Waals surface area contributed by atoms with Crippen LogP contribution in [0.5, 0.6) is 5.75 Å². The molecule has 3 aromatic rings. The van der Waals surface area contributed by atoms with Crippen LogP contribution in [0.4, 0.5) is 17.5 Å². The van der Waals surface area contributed by atoms with E-state index in [0.29, 0.717) is 29.5 Å². The molecular formula is C14H16N6O2. The van der Waals surface area contributed by atoms with Gasteiger partial charge in [0, 0.05) is 12.2 Å². The van der Waals surface area contributed by atoms with Crippen LogP contribution in [-0.4, -0.2) is 45.3 Å². The first kappa shape index (κ1) is 14.1. The normalized spacial score (nSPS) is 10.6. The van der Waals surface area contributed by atoms with Gasteiger partial charge in [0.05, 0.1) is 20.0 Å². The molecule has 2 aromatic heterocycles. The smallest absolute Gasteiger partial charge is 0.231 e. The first-order valence-electron chi connectivity index (χ1n) is 6.77. The van der Waals surface area contributed by atoms with Crippen LogP contribution in [0.1, 0.15) is 0 Å². The number of hydrogen-bond acceptors (Lipinski definition) is 7. The Balaban J connectivity index is 1.88. The maximum atomic E-state index is 8.94. The van der Waals surface area contributed by atoms with Crippen LogP contribution in [-0.2, 0) is 0 Å². The highest BCUT2D eigenvalue weighted by molar-refractivity contribution is 5.84. The standard InChI is InChI=1S/C14H16N6O2/c1-22-10-4-2-9(3-5-10)18-14-19-12(15-6-7-21)11-13(20-14)17-8-16-11/h2-5,8,21H,6-7H2,1H3,(H3,15,16,17,18,19,20). The highest BCUT2D eigenvalue weighted by atomic mass is 16.5. The number of methoxy groups -OCH3 is 1. The van der Waals surface area contributed by atoms with Crippen molar-refractivity contribution in [3.8, 4) is 5.75 Å². The molecule has 22 heavy (non-hydrogen) atoms. The van der Waals surface area contributed by atoms with Crippen molar-refractivity contribution < 1.29 is 9.84 Å². The topological polar surface area (TPSA) is 108 Å². The third-order valence-corrected chi connectivity index (χ3v) is 3.04. The second kappa shape index (κ2) is 6.27. The van der Waals surface area contributed by atoms with Gasteiger partial charge in [-0.1, -0.05) is 0 Å². The number of fused-ring (bicyclic) bond motifs is 1. The van der Waals surface area contributed by atoms with Gasteiger partial charge in [0.15, 0.2) is 11.5 Å². The van der Waals surface area contributed by atoms with Gasteiger partial charge in [0.1, 0.15) is 11.3 Å². The summed E-state index contributed by atoms with van der Waals surface area (Å²) in [6, 6.07) is 7.44. The van der Waals surface area contributed by atoms with Crippen molar-refractivity contribution in [2.24, 2.45) is 0 Å². The molecule has 0 aliphatic heterocycles. The average Bonchev–Trinajstić information content (AvgIpc) is 3.02. The van der Waals surface area contributed by atoms with Gasteiger partial charge in [-0.2, -0.15) is 9.97 Å². The van der Waals surface area contributed by atoms with E-state index in [2.05, 4.69) is 30.6 Å². The van der Waals surface area contributed by atoms with E-state index in [1.165, 1.54) is 0 Å².